The van der Waals surface area contributed by atoms with Gasteiger partial charge in [0.25, 0.3) is 0 Å². The summed E-state index contributed by atoms with van der Waals surface area (Å²) < 4.78 is 1.79. The second kappa shape index (κ2) is 5.54. The summed E-state index contributed by atoms with van der Waals surface area (Å²) in [7, 11) is 1.90. The molecule has 5 heteroatoms. The van der Waals surface area contributed by atoms with Crippen LogP contribution in [0.25, 0.3) is 11.0 Å². The Bertz CT molecular complexity index is 779. The summed E-state index contributed by atoms with van der Waals surface area (Å²) in [6.45, 7) is 2.68. The largest absolute Gasteiger partial charge is 0.392 e. The molecule has 0 aliphatic heterocycles. The van der Waals surface area contributed by atoms with E-state index in [9.17, 15) is 5.11 Å². The average Bonchev–Trinajstić information content (AvgIpc) is 2.80. The van der Waals surface area contributed by atoms with Gasteiger partial charge in [-0.15, -0.1) is 0 Å². The number of para-hydroxylation sites is 1. The molecule has 0 bridgehead atoms. The van der Waals surface area contributed by atoms with Crippen LogP contribution < -0.4 is 5.32 Å². The van der Waals surface area contributed by atoms with Gasteiger partial charge in [-0.2, -0.15) is 5.10 Å². The molecule has 0 atom stereocenters. The summed E-state index contributed by atoms with van der Waals surface area (Å²) in [4.78, 5) is 4.47. The standard InChI is InChI=1S/C16H18N4O/c1-11-14-7-12(9-18-16(14)20(2)19-11)8-17-15-6-4-3-5-13(15)10-21/h3-7,9,17,21H,8,10H2,1-2H3. The van der Waals surface area contributed by atoms with Crippen LogP contribution in [0, 0.1) is 6.92 Å². The van der Waals surface area contributed by atoms with Gasteiger partial charge in [-0.25, -0.2) is 4.98 Å². The van der Waals surface area contributed by atoms with E-state index in [1.807, 2.05) is 44.4 Å². The molecule has 0 aliphatic rings. The summed E-state index contributed by atoms with van der Waals surface area (Å²) >= 11 is 0. The summed E-state index contributed by atoms with van der Waals surface area (Å²) in [6.07, 6.45) is 1.86. The molecule has 0 aliphatic carbocycles. The lowest BCUT2D eigenvalue weighted by molar-refractivity contribution is 0.282. The van der Waals surface area contributed by atoms with Gasteiger partial charge < -0.3 is 10.4 Å². The molecule has 108 valence electrons. The van der Waals surface area contributed by atoms with Gasteiger partial charge in [0.15, 0.2) is 5.65 Å². The minimum absolute atomic E-state index is 0.0299. The number of rotatable bonds is 4. The topological polar surface area (TPSA) is 63.0 Å². The van der Waals surface area contributed by atoms with E-state index in [1.54, 1.807) is 4.68 Å². The van der Waals surface area contributed by atoms with Crippen LogP contribution in [0.1, 0.15) is 16.8 Å². The molecule has 0 fully saturated rings. The lowest BCUT2D eigenvalue weighted by Crippen LogP contribution is -2.03. The van der Waals surface area contributed by atoms with E-state index in [1.165, 1.54) is 0 Å². The number of aromatic nitrogens is 3. The highest BCUT2D eigenvalue weighted by molar-refractivity contribution is 5.78. The Hall–Kier alpha value is -2.40. The van der Waals surface area contributed by atoms with Crippen molar-refractivity contribution >= 4 is 16.7 Å². The number of anilines is 1. The second-order valence-electron chi connectivity index (χ2n) is 5.09. The highest BCUT2D eigenvalue weighted by Crippen LogP contribution is 2.19. The van der Waals surface area contributed by atoms with Gasteiger partial charge in [0.2, 0.25) is 0 Å². The minimum atomic E-state index is 0.0299. The SMILES string of the molecule is Cc1nn(C)c2ncc(CNc3ccccc3CO)cc12. The molecule has 0 spiro atoms. The second-order valence-corrected chi connectivity index (χ2v) is 5.09. The number of pyridine rings is 1. The lowest BCUT2D eigenvalue weighted by atomic mass is 10.1. The first kappa shape index (κ1) is 13.6. The number of fused-ring (bicyclic) bond motifs is 1. The van der Waals surface area contributed by atoms with Gasteiger partial charge in [-0.1, -0.05) is 18.2 Å². The number of aryl methyl sites for hydroxylation is 2. The van der Waals surface area contributed by atoms with E-state index >= 15 is 0 Å². The molecule has 0 unspecified atom stereocenters. The molecule has 2 aromatic heterocycles. The average molecular weight is 282 g/mol. The minimum Gasteiger partial charge on any atom is -0.392 e. The van der Waals surface area contributed by atoms with E-state index in [0.29, 0.717) is 6.54 Å². The third-order valence-electron chi connectivity index (χ3n) is 3.59. The van der Waals surface area contributed by atoms with Gasteiger partial charge in [0.1, 0.15) is 0 Å². The maximum atomic E-state index is 9.33. The monoisotopic (exact) mass is 282 g/mol. The molecule has 0 radical (unpaired) electrons. The third kappa shape index (κ3) is 2.60. The molecular weight excluding hydrogens is 264 g/mol. The summed E-state index contributed by atoms with van der Waals surface area (Å²) in [6, 6.07) is 9.86. The highest BCUT2D eigenvalue weighted by Gasteiger charge is 2.07. The number of nitrogens with zero attached hydrogens (tertiary/aromatic N) is 3. The summed E-state index contributed by atoms with van der Waals surface area (Å²) in [5, 5.41) is 18.1. The Morgan fingerprint density at radius 2 is 2.10 bits per heavy atom. The Morgan fingerprint density at radius 3 is 2.90 bits per heavy atom. The zero-order chi connectivity index (χ0) is 14.8. The van der Waals surface area contributed by atoms with Crippen molar-refractivity contribution in [1.29, 1.82) is 0 Å². The lowest BCUT2D eigenvalue weighted by Gasteiger charge is -2.10. The molecular formula is C16H18N4O. The smallest absolute Gasteiger partial charge is 0.157 e. The van der Waals surface area contributed by atoms with Gasteiger partial charge in [0, 0.05) is 36.4 Å². The molecule has 21 heavy (non-hydrogen) atoms. The van der Waals surface area contributed by atoms with Crippen LogP contribution in [0.4, 0.5) is 5.69 Å². The third-order valence-corrected chi connectivity index (χ3v) is 3.59. The highest BCUT2D eigenvalue weighted by atomic mass is 16.3. The van der Waals surface area contributed by atoms with E-state index in [0.717, 1.165) is 33.5 Å². The number of aliphatic hydroxyl groups excluding tert-OH is 1. The van der Waals surface area contributed by atoms with Crippen LogP contribution in [0.2, 0.25) is 0 Å². The maximum absolute atomic E-state index is 9.33. The predicted octanol–water partition coefficient (Wildman–Crippen LogP) is 2.38. The van der Waals surface area contributed by atoms with E-state index in [-0.39, 0.29) is 6.61 Å². The number of aliphatic hydroxyl groups is 1. The van der Waals surface area contributed by atoms with Crippen LogP contribution in [-0.2, 0) is 20.2 Å². The molecule has 5 nitrogen and oxygen atoms in total. The van der Waals surface area contributed by atoms with Crippen LogP contribution in [0.15, 0.2) is 36.5 Å². The van der Waals surface area contributed by atoms with Crippen LogP contribution >= 0.6 is 0 Å². The fourth-order valence-electron chi connectivity index (χ4n) is 2.48. The normalized spacial score (nSPS) is 11.0. The van der Waals surface area contributed by atoms with Gasteiger partial charge in [0.05, 0.1) is 12.3 Å². The van der Waals surface area contributed by atoms with Crippen molar-refractivity contribution in [2.45, 2.75) is 20.1 Å². The zero-order valence-corrected chi connectivity index (χ0v) is 12.2. The summed E-state index contributed by atoms with van der Waals surface area (Å²) in [5.74, 6) is 0. The number of benzene rings is 1. The van der Waals surface area contributed by atoms with Crippen molar-refractivity contribution in [2.24, 2.45) is 7.05 Å². The first-order valence-corrected chi connectivity index (χ1v) is 6.90. The van der Waals surface area contributed by atoms with Crippen LogP contribution in [-0.4, -0.2) is 19.9 Å². The molecule has 3 aromatic rings. The van der Waals surface area contributed by atoms with Gasteiger partial charge in [-0.3, -0.25) is 4.68 Å². The van der Waals surface area contributed by atoms with Crippen molar-refractivity contribution in [3.63, 3.8) is 0 Å². The molecule has 1 aromatic carbocycles. The van der Waals surface area contributed by atoms with Gasteiger partial charge >= 0.3 is 0 Å². The van der Waals surface area contributed by atoms with Crippen LogP contribution in [0.5, 0.6) is 0 Å². The van der Waals surface area contributed by atoms with E-state index < -0.39 is 0 Å². The molecule has 3 rings (SSSR count). The number of hydrogen-bond donors (Lipinski definition) is 2. The molecule has 2 heterocycles. The predicted molar refractivity (Wildman–Crippen MR) is 82.9 cm³/mol. The molecule has 2 N–H and O–H groups in total. The van der Waals surface area contributed by atoms with Crippen LogP contribution in [0.3, 0.4) is 0 Å². The first-order valence-electron chi connectivity index (χ1n) is 6.90. The van der Waals surface area contributed by atoms with Crippen molar-refractivity contribution in [2.75, 3.05) is 5.32 Å². The molecule has 0 saturated heterocycles. The fourth-order valence-corrected chi connectivity index (χ4v) is 2.48. The quantitative estimate of drug-likeness (QED) is 0.771. The Labute approximate surface area is 123 Å². The molecule has 0 saturated carbocycles. The van der Waals surface area contributed by atoms with E-state index in [2.05, 4.69) is 21.5 Å². The fraction of sp³-hybridized carbons (Fsp3) is 0.250. The Balaban J connectivity index is 1.83. The van der Waals surface area contributed by atoms with E-state index in [4.69, 9.17) is 0 Å². The summed E-state index contributed by atoms with van der Waals surface area (Å²) in [5.41, 5.74) is 4.81. The maximum Gasteiger partial charge on any atom is 0.157 e. The van der Waals surface area contributed by atoms with Crippen molar-refractivity contribution in [3.8, 4) is 0 Å². The zero-order valence-electron chi connectivity index (χ0n) is 12.2. The van der Waals surface area contributed by atoms with Crippen molar-refractivity contribution < 1.29 is 5.11 Å². The number of nitrogens with one attached hydrogen (secondary N) is 1. The van der Waals surface area contributed by atoms with Crippen molar-refractivity contribution in [1.82, 2.24) is 14.8 Å². The number of hydrogen-bond acceptors (Lipinski definition) is 4. The molecule has 0 amide bonds. The Kier molecular flexibility index (Phi) is 3.58. The van der Waals surface area contributed by atoms with Crippen molar-refractivity contribution in [3.05, 3.63) is 53.3 Å². The Morgan fingerprint density at radius 1 is 1.29 bits per heavy atom. The van der Waals surface area contributed by atoms with Gasteiger partial charge in [-0.05, 0) is 24.6 Å². The first-order chi connectivity index (χ1) is 10.2.